The second-order valence-corrected chi connectivity index (χ2v) is 9.48. The molecule has 2 N–H and O–H groups in total. The number of benzene rings is 1. The van der Waals surface area contributed by atoms with E-state index in [1.54, 1.807) is 12.3 Å². The van der Waals surface area contributed by atoms with Crippen LogP contribution in [0.25, 0.3) is 16.7 Å². The van der Waals surface area contributed by atoms with Gasteiger partial charge in [0.2, 0.25) is 11.8 Å². The molecule has 37 heavy (non-hydrogen) atoms. The Morgan fingerprint density at radius 2 is 1.97 bits per heavy atom. The maximum Gasteiger partial charge on any atom is 0.417 e. The predicted molar refractivity (Wildman–Crippen MR) is 139 cm³/mol. The number of oxazole rings is 1. The van der Waals surface area contributed by atoms with Gasteiger partial charge in [-0.1, -0.05) is 6.08 Å². The van der Waals surface area contributed by atoms with Crippen molar-refractivity contribution in [1.82, 2.24) is 19.9 Å². The Balaban J connectivity index is 1.17. The quantitative estimate of drug-likeness (QED) is 0.425. The van der Waals surface area contributed by atoms with E-state index in [1.165, 1.54) is 0 Å². The normalized spacial score (nSPS) is 17.2. The first-order chi connectivity index (χ1) is 17.9. The van der Waals surface area contributed by atoms with E-state index in [4.69, 9.17) is 9.15 Å². The van der Waals surface area contributed by atoms with E-state index < -0.39 is 5.76 Å². The lowest BCUT2D eigenvalue weighted by Crippen LogP contribution is -2.34. The van der Waals surface area contributed by atoms with E-state index in [0.717, 1.165) is 48.4 Å². The minimum atomic E-state index is -0.498. The van der Waals surface area contributed by atoms with Crippen molar-refractivity contribution < 1.29 is 13.9 Å². The van der Waals surface area contributed by atoms with Gasteiger partial charge in [-0.15, -0.1) is 0 Å². The zero-order chi connectivity index (χ0) is 25.5. The largest absolute Gasteiger partial charge is 0.439 e. The summed E-state index contributed by atoms with van der Waals surface area (Å²) in [4.78, 5) is 42.0. The first kappa shape index (κ1) is 23.0. The Labute approximate surface area is 212 Å². The Morgan fingerprint density at radius 3 is 2.81 bits per heavy atom. The zero-order valence-corrected chi connectivity index (χ0v) is 20.6. The summed E-state index contributed by atoms with van der Waals surface area (Å²) in [6.45, 7) is 5.38. The lowest BCUT2D eigenvalue weighted by atomic mass is 9.90. The third-order valence-electron chi connectivity index (χ3n) is 6.79. The number of aromatic nitrogens is 4. The van der Waals surface area contributed by atoms with Gasteiger partial charge in [-0.3, -0.25) is 9.78 Å². The molecule has 1 amide bonds. The molecule has 2 aliphatic heterocycles. The maximum atomic E-state index is 12.1. The van der Waals surface area contributed by atoms with E-state index in [1.807, 2.05) is 38.1 Å². The van der Waals surface area contributed by atoms with Crippen LogP contribution in [0.2, 0.25) is 0 Å². The number of aromatic amines is 1. The summed E-state index contributed by atoms with van der Waals surface area (Å²) >= 11 is 0. The molecule has 0 bridgehead atoms. The van der Waals surface area contributed by atoms with Crippen LogP contribution in [-0.2, 0) is 4.79 Å². The molecular formula is C27H26N6O4. The molecule has 5 heterocycles. The van der Waals surface area contributed by atoms with Crippen molar-refractivity contribution in [2.75, 3.05) is 23.3 Å². The van der Waals surface area contributed by atoms with Crippen molar-refractivity contribution in [3.63, 3.8) is 0 Å². The molecule has 188 valence electrons. The van der Waals surface area contributed by atoms with Crippen LogP contribution in [0.4, 0.5) is 11.6 Å². The molecule has 1 aromatic carbocycles. The Hall–Kier alpha value is -4.47. The highest BCUT2D eigenvalue weighted by molar-refractivity contribution is 6.04. The number of anilines is 2. The smallest absolute Gasteiger partial charge is 0.417 e. The van der Waals surface area contributed by atoms with E-state index in [2.05, 4.69) is 36.2 Å². The zero-order valence-electron chi connectivity index (χ0n) is 20.6. The van der Waals surface area contributed by atoms with Gasteiger partial charge < -0.3 is 19.4 Å². The second kappa shape index (κ2) is 9.20. The lowest BCUT2D eigenvalue weighted by Gasteiger charge is -2.32. The summed E-state index contributed by atoms with van der Waals surface area (Å²) in [5.74, 6) is 2.88. The highest BCUT2D eigenvalue weighted by atomic mass is 16.5. The van der Waals surface area contributed by atoms with Crippen molar-refractivity contribution in [2.45, 2.75) is 33.1 Å². The molecule has 0 saturated carbocycles. The van der Waals surface area contributed by atoms with Gasteiger partial charge in [-0.2, -0.15) is 4.98 Å². The molecule has 0 atom stereocenters. The van der Waals surface area contributed by atoms with Crippen LogP contribution in [-0.4, -0.2) is 38.9 Å². The molecular weight excluding hydrogens is 472 g/mol. The number of rotatable bonds is 4. The van der Waals surface area contributed by atoms with E-state index >= 15 is 0 Å². The topological polar surface area (TPSA) is 126 Å². The number of hydrogen-bond donors (Lipinski definition) is 2. The number of H-pyrrole nitrogens is 1. The average Bonchev–Trinajstić information content (AvgIpc) is 3.25. The molecule has 1 saturated heterocycles. The fourth-order valence-corrected chi connectivity index (χ4v) is 5.05. The predicted octanol–water partition coefficient (Wildman–Crippen LogP) is 4.36. The minimum absolute atomic E-state index is 0.0214. The average molecular weight is 499 g/mol. The summed E-state index contributed by atoms with van der Waals surface area (Å²) in [6.07, 6.45) is 6.21. The number of nitrogens with zero attached hydrogens (tertiary/aromatic N) is 4. The number of carbonyl (C=O) groups excluding carboxylic acids is 1. The summed E-state index contributed by atoms with van der Waals surface area (Å²) in [5.41, 5.74) is 3.99. The molecule has 6 rings (SSSR count). The summed E-state index contributed by atoms with van der Waals surface area (Å²) in [7, 11) is 0. The van der Waals surface area contributed by atoms with Gasteiger partial charge in [0.15, 0.2) is 5.58 Å². The first-order valence-electron chi connectivity index (χ1n) is 12.3. The van der Waals surface area contributed by atoms with Crippen LogP contribution < -0.4 is 20.7 Å². The van der Waals surface area contributed by atoms with Crippen molar-refractivity contribution in [1.29, 1.82) is 0 Å². The number of pyridine rings is 1. The Kier molecular flexibility index (Phi) is 5.71. The highest BCUT2D eigenvalue weighted by Crippen LogP contribution is 2.34. The van der Waals surface area contributed by atoms with Crippen LogP contribution in [0, 0.1) is 19.8 Å². The van der Waals surface area contributed by atoms with Crippen LogP contribution in [0.3, 0.4) is 0 Å². The number of carbonyl (C=O) groups is 1. The molecule has 1 fully saturated rings. The van der Waals surface area contributed by atoms with Crippen LogP contribution >= 0.6 is 0 Å². The number of amides is 1. The number of nitrogens with one attached hydrogen (secondary N) is 2. The van der Waals surface area contributed by atoms with Crippen LogP contribution in [0.15, 0.2) is 51.8 Å². The fraction of sp³-hybridized carbons (Fsp3) is 0.296. The molecule has 0 radical (unpaired) electrons. The summed E-state index contributed by atoms with van der Waals surface area (Å²) in [5, 5.41) is 2.85. The van der Waals surface area contributed by atoms with Crippen LogP contribution in [0.1, 0.15) is 36.2 Å². The summed E-state index contributed by atoms with van der Waals surface area (Å²) in [6, 6.07) is 9.26. The Morgan fingerprint density at radius 1 is 1.14 bits per heavy atom. The molecule has 10 heteroatoms. The van der Waals surface area contributed by atoms with Gasteiger partial charge in [0.1, 0.15) is 23.2 Å². The second-order valence-electron chi connectivity index (χ2n) is 9.48. The molecule has 10 nitrogen and oxygen atoms in total. The van der Waals surface area contributed by atoms with E-state index in [-0.39, 0.29) is 5.91 Å². The maximum absolute atomic E-state index is 12.1. The van der Waals surface area contributed by atoms with Gasteiger partial charge in [-0.05, 0) is 61.9 Å². The molecule has 0 aliphatic carbocycles. The molecule has 0 unspecified atom stereocenters. The molecule has 3 aromatic heterocycles. The van der Waals surface area contributed by atoms with E-state index in [0.29, 0.717) is 46.7 Å². The third-order valence-corrected chi connectivity index (χ3v) is 6.79. The standard InChI is InChI=1S/C27H26N6O4/c1-15-10-19(13-21-25(15)32-27(35)37-21)36-24-14-22(29-16(2)30-24)33-8-5-17(6-9-33)11-18-12-23(34)31-26-20(18)4-3-7-28-26/h3-4,7,10-11,13-14,17H,5-6,8-9,12H2,1-2H3,(H,32,35)(H,28,31,34). The van der Waals surface area contributed by atoms with Crippen molar-refractivity contribution >= 4 is 34.2 Å². The fourth-order valence-electron chi connectivity index (χ4n) is 5.05. The number of piperidine rings is 1. The van der Waals surface area contributed by atoms with Gasteiger partial charge in [0, 0.05) is 37.0 Å². The van der Waals surface area contributed by atoms with Crippen LogP contribution in [0.5, 0.6) is 11.6 Å². The number of aryl methyl sites for hydroxylation is 2. The van der Waals surface area contributed by atoms with Crippen molar-refractivity contribution in [3.8, 4) is 11.6 Å². The van der Waals surface area contributed by atoms with Gasteiger partial charge in [-0.25, -0.2) is 14.8 Å². The minimum Gasteiger partial charge on any atom is -0.439 e. The third kappa shape index (κ3) is 4.69. The Bertz CT molecular complexity index is 1600. The highest BCUT2D eigenvalue weighted by Gasteiger charge is 2.24. The van der Waals surface area contributed by atoms with Crippen molar-refractivity contribution in [3.05, 3.63) is 70.1 Å². The molecule has 0 spiro atoms. The monoisotopic (exact) mass is 498 g/mol. The van der Waals surface area contributed by atoms with E-state index in [9.17, 15) is 9.59 Å². The number of hydrogen-bond acceptors (Lipinski definition) is 8. The number of allylic oxidation sites excluding steroid dienone is 1. The SMILES string of the molecule is Cc1nc(Oc2cc(C)c3[nH]c(=O)oc3c2)cc(N2CCC(C=C3CC(=O)Nc4ncccc43)CC2)n1. The molecule has 2 aliphatic rings. The summed E-state index contributed by atoms with van der Waals surface area (Å²) < 4.78 is 11.2. The van der Waals surface area contributed by atoms with Crippen molar-refractivity contribution in [2.24, 2.45) is 5.92 Å². The van der Waals surface area contributed by atoms with Gasteiger partial charge in [0.25, 0.3) is 0 Å². The molecule has 4 aromatic rings. The number of ether oxygens (including phenoxy) is 1. The first-order valence-corrected chi connectivity index (χ1v) is 12.3. The van der Waals surface area contributed by atoms with Gasteiger partial charge in [0.05, 0.1) is 11.9 Å². The van der Waals surface area contributed by atoms with Gasteiger partial charge >= 0.3 is 5.76 Å². The number of fused-ring (bicyclic) bond motifs is 2. The lowest BCUT2D eigenvalue weighted by molar-refractivity contribution is -0.115.